The molecule has 3 rings (SSSR count). The van der Waals surface area contributed by atoms with E-state index in [0.29, 0.717) is 0 Å². The molecule has 0 radical (unpaired) electrons. The minimum Gasteiger partial charge on any atom is -0.464 e. The van der Waals surface area contributed by atoms with Crippen molar-refractivity contribution in [1.82, 2.24) is 5.32 Å². The van der Waals surface area contributed by atoms with Crippen LogP contribution in [0.25, 0.3) is 11.0 Å². The van der Waals surface area contributed by atoms with Gasteiger partial charge in [-0.1, -0.05) is 20.3 Å². The first-order valence-electron chi connectivity index (χ1n) is 8.60. The van der Waals surface area contributed by atoms with Crippen molar-refractivity contribution in [3.05, 3.63) is 35.1 Å². The molecule has 2 amide bonds. The second-order valence-corrected chi connectivity index (χ2v) is 6.74. The van der Waals surface area contributed by atoms with Gasteiger partial charge in [-0.25, -0.2) is 0 Å². The number of amides is 2. The van der Waals surface area contributed by atoms with Gasteiger partial charge in [-0.3, -0.25) is 9.59 Å². The molecule has 2 unspecified atom stereocenters. The van der Waals surface area contributed by atoms with Crippen molar-refractivity contribution in [2.75, 3.05) is 0 Å². The Morgan fingerprint density at radius 3 is 2.67 bits per heavy atom. The van der Waals surface area contributed by atoms with Crippen molar-refractivity contribution in [2.24, 2.45) is 11.7 Å². The van der Waals surface area contributed by atoms with Crippen molar-refractivity contribution in [2.45, 2.75) is 52.0 Å². The van der Waals surface area contributed by atoms with E-state index in [0.717, 1.165) is 35.8 Å². The van der Waals surface area contributed by atoms with Gasteiger partial charge in [0.05, 0.1) is 12.7 Å². The van der Waals surface area contributed by atoms with Crippen LogP contribution in [0.1, 0.15) is 43.4 Å². The fourth-order valence-electron chi connectivity index (χ4n) is 3.41. The second-order valence-electron chi connectivity index (χ2n) is 6.74. The topological polar surface area (TPSA) is 85.3 Å². The molecule has 1 aliphatic carbocycles. The number of rotatable bonds is 6. The summed E-state index contributed by atoms with van der Waals surface area (Å²) >= 11 is 0. The molecule has 1 aromatic heterocycles. The normalized spacial score (nSPS) is 15.9. The van der Waals surface area contributed by atoms with Gasteiger partial charge in [-0.2, -0.15) is 0 Å². The maximum Gasteiger partial charge on any atom is 0.240 e. The minimum atomic E-state index is -0.634. The zero-order valence-corrected chi connectivity index (χ0v) is 14.2. The number of primary amides is 1. The fraction of sp³-hybridized carbons (Fsp3) is 0.474. The summed E-state index contributed by atoms with van der Waals surface area (Å²) in [6.45, 7) is 3.88. The Balaban J connectivity index is 1.77. The average Bonchev–Trinajstić information content (AvgIpc) is 3.16. The van der Waals surface area contributed by atoms with E-state index in [1.54, 1.807) is 6.26 Å². The molecule has 1 aromatic carbocycles. The van der Waals surface area contributed by atoms with Gasteiger partial charge in [0, 0.05) is 10.9 Å². The lowest BCUT2D eigenvalue weighted by Gasteiger charge is -2.21. The summed E-state index contributed by atoms with van der Waals surface area (Å²) in [5.41, 5.74) is 9.79. The van der Waals surface area contributed by atoms with E-state index in [2.05, 4.69) is 17.4 Å². The molecule has 0 aliphatic heterocycles. The predicted molar refractivity (Wildman–Crippen MR) is 92.5 cm³/mol. The number of nitrogens with two attached hydrogens (primary N) is 1. The van der Waals surface area contributed by atoms with Gasteiger partial charge in [0.1, 0.15) is 11.6 Å². The molecule has 1 aliphatic rings. The first-order valence-corrected chi connectivity index (χ1v) is 8.60. The third kappa shape index (κ3) is 3.16. The number of aryl methyl sites for hydroxylation is 2. The smallest absolute Gasteiger partial charge is 0.240 e. The SMILES string of the molecule is CCC(C)C(NC(=O)Cc1coc2cc3c(cc12)CCC3)C(N)=O. The first-order chi connectivity index (χ1) is 11.5. The standard InChI is InChI=1S/C19H24N2O3/c1-3-11(2)18(19(20)23)21-17(22)9-14-10-24-16-8-13-6-4-5-12(13)7-15(14)16/h7-8,10-11,18H,3-6,9H2,1-2H3,(H2,20,23)(H,21,22). The van der Waals surface area contributed by atoms with E-state index in [-0.39, 0.29) is 18.2 Å². The molecule has 0 saturated carbocycles. The zero-order chi connectivity index (χ0) is 17.3. The Morgan fingerprint density at radius 2 is 2.00 bits per heavy atom. The van der Waals surface area contributed by atoms with Gasteiger partial charge >= 0.3 is 0 Å². The summed E-state index contributed by atoms with van der Waals surface area (Å²) < 4.78 is 5.62. The molecule has 5 nitrogen and oxygen atoms in total. The van der Waals surface area contributed by atoms with Crippen molar-refractivity contribution < 1.29 is 14.0 Å². The lowest BCUT2D eigenvalue weighted by Crippen LogP contribution is -2.48. The molecule has 0 saturated heterocycles. The summed E-state index contributed by atoms with van der Waals surface area (Å²) in [7, 11) is 0. The summed E-state index contributed by atoms with van der Waals surface area (Å²) in [5.74, 6) is -0.689. The quantitative estimate of drug-likeness (QED) is 0.854. The third-order valence-corrected chi connectivity index (χ3v) is 5.06. The van der Waals surface area contributed by atoms with Crippen molar-refractivity contribution in [3.63, 3.8) is 0 Å². The number of furan rings is 1. The van der Waals surface area contributed by atoms with Crippen molar-refractivity contribution >= 4 is 22.8 Å². The lowest BCUT2D eigenvalue weighted by molar-refractivity contribution is -0.128. The summed E-state index contributed by atoms with van der Waals surface area (Å²) in [6, 6.07) is 3.60. The van der Waals surface area contributed by atoms with Crippen LogP contribution in [-0.2, 0) is 28.9 Å². The molecule has 5 heteroatoms. The molecule has 3 N–H and O–H groups in total. The van der Waals surface area contributed by atoms with Crippen LogP contribution in [0.15, 0.2) is 22.8 Å². The largest absolute Gasteiger partial charge is 0.464 e. The van der Waals surface area contributed by atoms with E-state index >= 15 is 0 Å². The van der Waals surface area contributed by atoms with Crippen molar-refractivity contribution in [1.29, 1.82) is 0 Å². The Labute approximate surface area is 141 Å². The highest BCUT2D eigenvalue weighted by atomic mass is 16.3. The maximum atomic E-state index is 12.4. The van der Waals surface area contributed by atoms with Crippen molar-refractivity contribution in [3.8, 4) is 0 Å². The Kier molecular flexibility index (Phi) is 4.60. The van der Waals surface area contributed by atoms with Gasteiger partial charge < -0.3 is 15.5 Å². The molecule has 128 valence electrons. The minimum absolute atomic E-state index is 0.0100. The Hall–Kier alpha value is -2.30. The monoisotopic (exact) mass is 328 g/mol. The molecule has 0 spiro atoms. The summed E-state index contributed by atoms with van der Waals surface area (Å²) in [6.07, 6.45) is 5.95. The number of nitrogens with one attached hydrogen (secondary N) is 1. The van der Waals surface area contributed by atoms with Crippen LogP contribution in [0.3, 0.4) is 0 Å². The molecular formula is C19H24N2O3. The van der Waals surface area contributed by atoms with Crippen LogP contribution < -0.4 is 11.1 Å². The summed E-state index contributed by atoms with van der Waals surface area (Å²) in [5, 5.41) is 3.76. The highest BCUT2D eigenvalue weighted by molar-refractivity contribution is 5.91. The Morgan fingerprint density at radius 1 is 1.29 bits per heavy atom. The van der Waals surface area contributed by atoms with E-state index < -0.39 is 11.9 Å². The molecule has 1 heterocycles. The maximum absolute atomic E-state index is 12.4. The van der Waals surface area contributed by atoms with Crippen LogP contribution in [0.4, 0.5) is 0 Å². The van der Waals surface area contributed by atoms with Crippen LogP contribution in [0.2, 0.25) is 0 Å². The van der Waals surface area contributed by atoms with E-state index in [1.807, 2.05) is 13.8 Å². The molecule has 2 aromatic rings. The number of carbonyl (C=O) groups is 2. The van der Waals surface area contributed by atoms with E-state index in [4.69, 9.17) is 10.2 Å². The van der Waals surface area contributed by atoms with Gasteiger partial charge in [0.2, 0.25) is 11.8 Å². The zero-order valence-electron chi connectivity index (χ0n) is 14.2. The first kappa shape index (κ1) is 16.6. The van der Waals surface area contributed by atoms with Gasteiger partial charge in [-0.05, 0) is 48.4 Å². The number of fused-ring (bicyclic) bond motifs is 2. The lowest BCUT2D eigenvalue weighted by atomic mass is 9.98. The molecule has 24 heavy (non-hydrogen) atoms. The summed E-state index contributed by atoms with van der Waals surface area (Å²) in [4.78, 5) is 23.9. The second kappa shape index (κ2) is 6.67. The van der Waals surface area contributed by atoms with Gasteiger partial charge in [0.15, 0.2) is 0 Å². The van der Waals surface area contributed by atoms with E-state index in [1.165, 1.54) is 17.5 Å². The number of carbonyl (C=O) groups excluding carboxylic acids is 2. The predicted octanol–water partition coefficient (Wildman–Crippen LogP) is 2.48. The van der Waals surface area contributed by atoms with Crippen LogP contribution in [0, 0.1) is 5.92 Å². The fourth-order valence-corrected chi connectivity index (χ4v) is 3.41. The van der Waals surface area contributed by atoms with Crippen LogP contribution >= 0.6 is 0 Å². The molecular weight excluding hydrogens is 304 g/mol. The highest BCUT2D eigenvalue weighted by Crippen LogP contribution is 2.30. The number of hydrogen-bond donors (Lipinski definition) is 2. The molecule has 0 fully saturated rings. The number of benzene rings is 1. The molecule has 0 bridgehead atoms. The highest BCUT2D eigenvalue weighted by Gasteiger charge is 2.24. The van der Waals surface area contributed by atoms with Gasteiger partial charge in [-0.15, -0.1) is 0 Å². The third-order valence-electron chi connectivity index (χ3n) is 5.06. The number of hydrogen-bond acceptors (Lipinski definition) is 3. The molecule has 2 atom stereocenters. The van der Waals surface area contributed by atoms with Crippen LogP contribution in [0.5, 0.6) is 0 Å². The Bertz CT molecular complexity index is 778. The van der Waals surface area contributed by atoms with Crippen LogP contribution in [-0.4, -0.2) is 17.9 Å². The van der Waals surface area contributed by atoms with Gasteiger partial charge in [0.25, 0.3) is 0 Å². The van der Waals surface area contributed by atoms with E-state index in [9.17, 15) is 9.59 Å². The average molecular weight is 328 g/mol.